The van der Waals surface area contributed by atoms with Crippen LogP contribution < -0.4 is 19.8 Å². The third-order valence-electron chi connectivity index (χ3n) is 6.67. The predicted octanol–water partition coefficient (Wildman–Crippen LogP) is 1.78. The molecule has 0 aliphatic carbocycles. The van der Waals surface area contributed by atoms with Gasteiger partial charge >= 0.3 is 0 Å². The highest BCUT2D eigenvalue weighted by atomic mass is 32.2. The molecule has 3 aromatic rings. The number of nitrogens with zero attached hydrogens (tertiary/aromatic N) is 6. The molecule has 1 N–H and O–H groups in total. The van der Waals surface area contributed by atoms with Gasteiger partial charge in [0.25, 0.3) is 0 Å². The maximum absolute atomic E-state index is 11.8. The van der Waals surface area contributed by atoms with Crippen molar-refractivity contribution in [2.75, 3.05) is 75.9 Å². The number of nitrogens with one attached hydrogen (secondary N) is 1. The second-order valence-corrected chi connectivity index (χ2v) is 12.4. The van der Waals surface area contributed by atoms with Crippen LogP contribution in [0.5, 0.6) is 11.5 Å². The molecule has 6 rings (SSSR count). The van der Waals surface area contributed by atoms with Crippen LogP contribution in [0.15, 0.2) is 29.4 Å². The summed E-state index contributed by atoms with van der Waals surface area (Å²) in [6.45, 7) is 6.21. The van der Waals surface area contributed by atoms with Crippen molar-refractivity contribution in [2.45, 2.75) is 6.54 Å². The van der Waals surface area contributed by atoms with Crippen LogP contribution in [0.4, 0.5) is 11.8 Å². The highest BCUT2D eigenvalue weighted by Crippen LogP contribution is 2.34. The molecule has 2 aromatic heterocycles. The number of thiophene rings is 1. The number of fused-ring (bicyclic) bond motifs is 2. The zero-order valence-electron chi connectivity index (χ0n) is 21.0. The monoisotopic (exact) mass is 559 g/mol. The van der Waals surface area contributed by atoms with Crippen molar-refractivity contribution in [3.8, 4) is 11.5 Å². The number of hydrazone groups is 1. The smallest absolute Gasteiger partial charge is 0.246 e. The zero-order valence-corrected chi connectivity index (χ0v) is 22.6. The van der Waals surface area contributed by atoms with Gasteiger partial charge in [-0.05, 0) is 29.8 Å². The highest BCUT2D eigenvalue weighted by molar-refractivity contribution is 7.88. The summed E-state index contributed by atoms with van der Waals surface area (Å²) in [6, 6.07) is 7.73. The molecule has 202 valence electrons. The van der Waals surface area contributed by atoms with Gasteiger partial charge in [0.15, 0.2) is 17.3 Å². The minimum absolute atomic E-state index is 0.228. The standard InChI is InChI=1S/C24H29N7O5S2/c1-38(32,33)31-6-4-29(5-7-31)15-18-13-19-22(37-18)23(30-8-10-34-11-9-30)27-24(26-19)28-25-14-17-2-3-20-21(12-17)36-16-35-20/h2-3,12-14H,4-11,15-16H2,1H3,(H,26,27,28)/b25-14+. The first-order valence-electron chi connectivity index (χ1n) is 12.4. The number of aromatic nitrogens is 2. The summed E-state index contributed by atoms with van der Waals surface area (Å²) >= 11 is 1.69. The van der Waals surface area contributed by atoms with E-state index in [4.69, 9.17) is 24.2 Å². The quantitative estimate of drug-likeness (QED) is 0.339. The van der Waals surface area contributed by atoms with Crippen LogP contribution in [0.1, 0.15) is 10.4 Å². The fraction of sp³-hybridized carbons (Fsp3) is 0.458. The molecule has 0 unspecified atom stereocenters. The fourth-order valence-electron chi connectivity index (χ4n) is 4.68. The minimum atomic E-state index is -3.15. The van der Waals surface area contributed by atoms with E-state index in [1.165, 1.54) is 6.26 Å². The molecular formula is C24H29N7O5S2. The second kappa shape index (κ2) is 10.6. The van der Waals surface area contributed by atoms with Crippen molar-refractivity contribution >= 4 is 49.6 Å². The van der Waals surface area contributed by atoms with Crippen molar-refractivity contribution < 1.29 is 22.6 Å². The van der Waals surface area contributed by atoms with E-state index in [-0.39, 0.29) is 6.79 Å². The number of hydrogen-bond donors (Lipinski definition) is 1. The Balaban J connectivity index is 1.21. The first-order valence-corrected chi connectivity index (χ1v) is 15.1. The van der Waals surface area contributed by atoms with Gasteiger partial charge in [0, 0.05) is 50.7 Å². The lowest BCUT2D eigenvalue weighted by Crippen LogP contribution is -2.47. The van der Waals surface area contributed by atoms with Gasteiger partial charge in [-0.1, -0.05) is 0 Å². The van der Waals surface area contributed by atoms with Crippen molar-refractivity contribution in [3.63, 3.8) is 0 Å². The Labute approximate surface area is 224 Å². The van der Waals surface area contributed by atoms with Gasteiger partial charge in [-0.15, -0.1) is 11.3 Å². The van der Waals surface area contributed by atoms with Crippen LogP contribution in [0, 0.1) is 0 Å². The highest BCUT2D eigenvalue weighted by Gasteiger charge is 2.25. The number of ether oxygens (including phenoxy) is 3. The molecule has 1 aromatic carbocycles. The van der Waals surface area contributed by atoms with Crippen LogP contribution in [0.3, 0.4) is 0 Å². The van der Waals surface area contributed by atoms with Crippen LogP contribution in [0.2, 0.25) is 0 Å². The van der Waals surface area contributed by atoms with E-state index in [9.17, 15) is 8.42 Å². The molecule has 0 bridgehead atoms. The number of piperazine rings is 1. The molecule has 2 fully saturated rings. The lowest BCUT2D eigenvalue weighted by atomic mass is 10.2. The molecule has 0 spiro atoms. The van der Waals surface area contributed by atoms with Crippen LogP contribution >= 0.6 is 11.3 Å². The summed E-state index contributed by atoms with van der Waals surface area (Å²) in [5.74, 6) is 2.72. The molecule has 2 saturated heterocycles. The summed E-state index contributed by atoms with van der Waals surface area (Å²) in [5, 5.41) is 4.36. The Morgan fingerprint density at radius 1 is 1.05 bits per heavy atom. The molecule has 5 heterocycles. The summed E-state index contributed by atoms with van der Waals surface area (Å²) in [7, 11) is -3.15. The van der Waals surface area contributed by atoms with Gasteiger partial charge in [0.2, 0.25) is 22.8 Å². The minimum Gasteiger partial charge on any atom is -0.454 e. The first kappa shape index (κ1) is 25.2. The topological polar surface area (TPSA) is 122 Å². The Kier molecular flexibility index (Phi) is 7.05. The maximum Gasteiger partial charge on any atom is 0.246 e. The molecular weight excluding hydrogens is 530 g/mol. The van der Waals surface area contributed by atoms with E-state index in [1.54, 1.807) is 21.9 Å². The number of sulfonamides is 1. The van der Waals surface area contributed by atoms with Gasteiger partial charge in [0.1, 0.15) is 0 Å². The van der Waals surface area contributed by atoms with Crippen molar-refractivity contribution in [1.82, 2.24) is 19.2 Å². The van der Waals surface area contributed by atoms with Gasteiger partial charge in [-0.2, -0.15) is 14.4 Å². The lowest BCUT2D eigenvalue weighted by Gasteiger charge is -2.32. The van der Waals surface area contributed by atoms with Gasteiger partial charge < -0.3 is 19.1 Å². The molecule has 12 nitrogen and oxygen atoms in total. The van der Waals surface area contributed by atoms with Crippen LogP contribution in [0.25, 0.3) is 10.2 Å². The largest absolute Gasteiger partial charge is 0.454 e. The summed E-state index contributed by atoms with van der Waals surface area (Å²) < 4.78 is 42.6. The Morgan fingerprint density at radius 3 is 2.63 bits per heavy atom. The van der Waals surface area contributed by atoms with Crippen LogP contribution in [-0.4, -0.2) is 99.3 Å². The van der Waals surface area contributed by atoms with Crippen LogP contribution in [-0.2, 0) is 21.3 Å². The van der Waals surface area contributed by atoms with E-state index in [0.717, 1.165) is 51.9 Å². The van der Waals surface area contributed by atoms with Crippen molar-refractivity contribution in [3.05, 3.63) is 34.7 Å². The average Bonchev–Trinajstić information content (AvgIpc) is 3.55. The zero-order chi connectivity index (χ0) is 26.1. The molecule has 14 heteroatoms. The number of benzene rings is 1. The molecule has 0 saturated carbocycles. The van der Waals surface area contributed by atoms with E-state index < -0.39 is 10.0 Å². The fourth-order valence-corrected chi connectivity index (χ4v) is 6.66. The van der Waals surface area contributed by atoms with E-state index in [1.807, 2.05) is 18.2 Å². The number of morpholine rings is 1. The maximum atomic E-state index is 11.8. The average molecular weight is 560 g/mol. The lowest BCUT2D eigenvalue weighted by molar-refractivity contribution is 0.122. The summed E-state index contributed by atoms with van der Waals surface area (Å²) in [4.78, 5) is 15.2. The van der Waals surface area contributed by atoms with E-state index in [0.29, 0.717) is 51.1 Å². The number of hydrogen-bond acceptors (Lipinski definition) is 12. The molecule has 38 heavy (non-hydrogen) atoms. The third-order valence-corrected chi connectivity index (χ3v) is 9.08. The Morgan fingerprint density at radius 2 is 1.84 bits per heavy atom. The third kappa shape index (κ3) is 5.54. The summed E-state index contributed by atoms with van der Waals surface area (Å²) in [6.07, 6.45) is 2.96. The Bertz CT molecular complexity index is 1450. The van der Waals surface area contributed by atoms with Gasteiger partial charge in [-0.25, -0.2) is 18.8 Å². The van der Waals surface area contributed by atoms with Crippen molar-refractivity contribution in [2.24, 2.45) is 5.10 Å². The van der Waals surface area contributed by atoms with Crippen molar-refractivity contribution in [1.29, 1.82) is 0 Å². The number of rotatable bonds is 7. The Hall–Kier alpha value is -3.04. The second-order valence-electron chi connectivity index (χ2n) is 9.32. The molecule has 3 aliphatic rings. The first-order chi connectivity index (χ1) is 18.4. The molecule has 0 amide bonds. The van der Waals surface area contributed by atoms with E-state index in [2.05, 4.69) is 26.4 Å². The number of anilines is 2. The van der Waals surface area contributed by atoms with E-state index >= 15 is 0 Å². The predicted molar refractivity (Wildman–Crippen MR) is 146 cm³/mol. The molecule has 3 aliphatic heterocycles. The molecule has 0 atom stereocenters. The van der Waals surface area contributed by atoms with Gasteiger partial charge in [0.05, 0.1) is 35.9 Å². The normalized spacial score (nSPS) is 19.0. The molecule has 0 radical (unpaired) electrons. The summed E-state index contributed by atoms with van der Waals surface area (Å²) in [5.41, 5.74) is 4.72. The SMILES string of the molecule is CS(=O)(=O)N1CCN(Cc2cc3nc(N/N=C/c4ccc5c(c4)OCO5)nc(N4CCOCC4)c3s2)CC1. The van der Waals surface area contributed by atoms with Gasteiger partial charge in [-0.3, -0.25) is 4.90 Å².